The van der Waals surface area contributed by atoms with Crippen LogP contribution in [0.15, 0.2) is 18.2 Å². The van der Waals surface area contributed by atoms with Gasteiger partial charge in [-0.2, -0.15) is 0 Å². The van der Waals surface area contributed by atoms with E-state index in [-0.39, 0.29) is 28.6 Å². The number of hydrogen-bond donors (Lipinski definition) is 1. The summed E-state index contributed by atoms with van der Waals surface area (Å²) in [6, 6.07) is 3.81. The number of carbonyl (C=O) groups is 2. The second-order valence-corrected chi connectivity index (χ2v) is 7.63. The zero-order chi connectivity index (χ0) is 19.4. The van der Waals surface area contributed by atoms with E-state index in [0.717, 1.165) is 39.0 Å². The largest absolute Gasteiger partial charge is 0.342 e. The molecule has 0 spiro atoms. The highest BCUT2D eigenvalue weighted by molar-refractivity contribution is 6.30. The highest BCUT2D eigenvalue weighted by atomic mass is 35.5. The highest BCUT2D eigenvalue weighted by Gasteiger charge is 2.28. The van der Waals surface area contributed by atoms with Crippen LogP contribution in [0.5, 0.6) is 0 Å². The molecule has 0 aromatic heterocycles. The Morgan fingerprint density at radius 2 is 1.81 bits per heavy atom. The lowest BCUT2D eigenvalue weighted by molar-refractivity contribution is -0.132. The number of anilines is 1. The Bertz CT molecular complexity index is 688. The second-order valence-electron chi connectivity index (χ2n) is 7.19. The van der Waals surface area contributed by atoms with Gasteiger partial charge in [0.1, 0.15) is 5.82 Å². The quantitative estimate of drug-likeness (QED) is 0.827. The molecule has 2 fully saturated rings. The van der Waals surface area contributed by atoms with Crippen molar-refractivity contribution in [1.82, 2.24) is 14.7 Å². The number of nitrogens with one attached hydrogen (secondary N) is 1. The van der Waals surface area contributed by atoms with Crippen molar-refractivity contribution in [3.63, 3.8) is 0 Å². The van der Waals surface area contributed by atoms with Gasteiger partial charge in [0.05, 0.1) is 18.3 Å². The Hall–Kier alpha value is -1.70. The van der Waals surface area contributed by atoms with Crippen molar-refractivity contribution in [1.29, 1.82) is 0 Å². The van der Waals surface area contributed by atoms with Gasteiger partial charge in [-0.1, -0.05) is 11.6 Å². The minimum absolute atomic E-state index is 0.131. The number of likely N-dealkylation sites (tertiary alicyclic amines) is 1. The monoisotopic (exact) mass is 396 g/mol. The Balaban J connectivity index is 1.46. The summed E-state index contributed by atoms with van der Waals surface area (Å²) in [5.74, 6) is -0.601. The number of nitrogens with zero attached hydrogens (tertiary/aromatic N) is 3. The molecule has 0 aliphatic carbocycles. The van der Waals surface area contributed by atoms with Crippen molar-refractivity contribution in [3.05, 3.63) is 29.0 Å². The van der Waals surface area contributed by atoms with Gasteiger partial charge in [-0.25, -0.2) is 4.39 Å². The van der Waals surface area contributed by atoms with Gasteiger partial charge in [-0.3, -0.25) is 19.4 Å². The minimum Gasteiger partial charge on any atom is -0.342 e. The van der Waals surface area contributed by atoms with Crippen LogP contribution in [0, 0.1) is 5.82 Å². The summed E-state index contributed by atoms with van der Waals surface area (Å²) >= 11 is 5.74. The van der Waals surface area contributed by atoms with E-state index in [4.69, 9.17) is 11.6 Å². The zero-order valence-corrected chi connectivity index (χ0v) is 16.3. The summed E-state index contributed by atoms with van der Waals surface area (Å²) in [7, 11) is 0. The summed E-state index contributed by atoms with van der Waals surface area (Å²) in [6.45, 7) is 6.89. The molecule has 148 valence electrons. The van der Waals surface area contributed by atoms with Gasteiger partial charge in [0.15, 0.2) is 0 Å². The average molecular weight is 397 g/mol. The van der Waals surface area contributed by atoms with Gasteiger partial charge >= 0.3 is 0 Å². The third-order valence-corrected chi connectivity index (χ3v) is 5.58. The molecule has 3 rings (SSSR count). The molecular formula is C19H26ClFN4O2. The number of benzene rings is 1. The molecule has 2 heterocycles. The van der Waals surface area contributed by atoms with Crippen molar-refractivity contribution in [2.75, 3.05) is 51.1 Å². The predicted molar refractivity (Wildman–Crippen MR) is 103 cm³/mol. The summed E-state index contributed by atoms with van der Waals surface area (Å²) in [6.07, 6.45) is 2.20. The molecule has 0 radical (unpaired) electrons. The van der Waals surface area contributed by atoms with E-state index in [1.54, 1.807) is 6.07 Å². The fraction of sp³-hybridized carbons (Fsp3) is 0.579. The van der Waals surface area contributed by atoms with Crippen LogP contribution >= 0.6 is 11.6 Å². The number of halogens is 2. The summed E-state index contributed by atoms with van der Waals surface area (Å²) in [4.78, 5) is 30.8. The normalized spacial score (nSPS) is 19.9. The lowest BCUT2D eigenvalue weighted by atomic mass is 10.2. The molecule has 6 nitrogen and oxygen atoms in total. The maximum Gasteiger partial charge on any atom is 0.241 e. The predicted octanol–water partition coefficient (Wildman–Crippen LogP) is 2.05. The first-order valence-corrected chi connectivity index (χ1v) is 9.82. The standard InChI is InChI=1S/C19H26ClFN4O2/c1-14(19(27)22-17-5-4-15(20)12-16(17)21)24-10-8-23(9-11-24)13-18(26)25-6-2-3-7-25/h4-5,12,14H,2-3,6-11,13H2,1H3,(H,22,27). The van der Waals surface area contributed by atoms with Crippen LogP contribution in [0.3, 0.4) is 0 Å². The lowest BCUT2D eigenvalue weighted by Crippen LogP contribution is -2.54. The van der Waals surface area contributed by atoms with E-state index < -0.39 is 5.82 Å². The van der Waals surface area contributed by atoms with E-state index >= 15 is 0 Å². The summed E-state index contributed by atoms with van der Waals surface area (Å²) in [5.41, 5.74) is 0.131. The van der Waals surface area contributed by atoms with Crippen molar-refractivity contribution >= 4 is 29.1 Å². The van der Waals surface area contributed by atoms with Gasteiger partial charge in [-0.05, 0) is 38.0 Å². The molecule has 8 heteroatoms. The number of piperazine rings is 1. The SMILES string of the molecule is CC(C(=O)Nc1ccc(Cl)cc1F)N1CCN(CC(=O)N2CCCC2)CC1. The van der Waals surface area contributed by atoms with E-state index in [2.05, 4.69) is 15.1 Å². The smallest absolute Gasteiger partial charge is 0.241 e. The van der Waals surface area contributed by atoms with Crippen molar-refractivity contribution < 1.29 is 14.0 Å². The van der Waals surface area contributed by atoms with E-state index in [1.807, 2.05) is 11.8 Å². The third kappa shape index (κ3) is 5.18. The molecule has 1 atom stereocenters. The molecule has 27 heavy (non-hydrogen) atoms. The lowest BCUT2D eigenvalue weighted by Gasteiger charge is -2.37. The Kier molecular flexibility index (Phi) is 6.68. The van der Waals surface area contributed by atoms with Crippen LogP contribution in [0.4, 0.5) is 10.1 Å². The number of rotatable bonds is 5. The Morgan fingerprint density at radius 1 is 1.15 bits per heavy atom. The van der Waals surface area contributed by atoms with Gasteiger partial charge in [0.2, 0.25) is 11.8 Å². The molecule has 2 aliphatic heterocycles. The van der Waals surface area contributed by atoms with Crippen LogP contribution in [-0.4, -0.2) is 78.4 Å². The summed E-state index contributed by atoms with van der Waals surface area (Å²) in [5, 5.41) is 2.92. The van der Waals surface area contributed by atoms with Crippen LogP contribution in [0.2, 0.25) is 5.02 Å². The molecule has 1 N–H and O–H groups in total. The molecular weight excluding hydrogens is 371 g/mol. The molecule has 2 amide bonds. The number of amides is 2. The fourth-order valence-electron chi connectivity index (χ4n) is 3.56. The molecule has 1 aromatic carbocycles. The second kappa shape index (κ2) is 8.99. The maximum absolute atomic E-state index is 13.9. The summed E-state index contributed by atoms with van der Waals surface area (Å²) < 4.78 is 13.9. The van der Waals surface area contributed by atoms with Crippen molar-refractivity contribution in [2.24, 2.45) is 0 Å². The first-order valence-electron chi connectivity index (χ1n) is 9.44. The minimum atomic E-state index is -0.548. The topological polar surface area (TPSA) is 55.9 Å². The first kappa shape index (κ1) is 20.0. The van der Waals surface area contributed by atoms with Crippen molar-refractivity contribution in [2.45, 2.75) is 25.8 Å². The van der Waals surface area contributed by atoms with E-state index in [1.165, 1.54) is 12.1 Å². The Morgan fingerprint density at radius 3 is 2.44 bits per heavy atom. The van der Waals surface area contributed by atoms with Crippen LogP contribution in [-0.2, 0) is 9.59 Å². The Labute approximate surface area is 164 Å². The molecule has 2 saturated heterocycles. The zero-order valence-electron chi connectivity index (χ0n) is 15.6. The molecule has 1 aromatic rings. The maximum atomic E-state index is 13.9. The van der Waals surface area contributed by atoms with Crippen LogP contribution in [0.25, 0.3) is 0 Å². The van der Waals surface area contributed by atoms with E-state index in [0.29, 0.717) is 19.6 Å². The van der Waals surface area contributed by atoms with Gasteiger partial charge in [0, 0.05) is 44.3 Å². The molecule has 1 unspecified atom stereocenters. The molecule has 2 aliphatic rings. The van der Waals surface area contributed by atoms with Crippen LogP contribution < -0.4 is 5.32 Å². The van der Waals surface area contributed by atoms with Gasteiger partial charge < -0.3 is 10.2 Å². The van der Waals surface area contributed by atoms with Gasteiger partial charge in [0.25, 0.3) is 0 Å². The van der Waals surface area contributed by atoms with Crippen molar-refractivity contribution in [3.8, 4) is 0 Å². The van der Waals surface area contributed by atoms with E-state index in [9.17, 15) is 14.0 Å². The molecule has 0 bridgehead atoms. The number of carbonyl (C=O) groups excluding carboxylic acids is 2. The third-order valence-electron chi connectivity index (χ3n) is 5.34. The number of hydrogen-bond acceptors (Lipinski definition) is 4. The molecule has 0 saturated carbocycles. The first-order chi connectivity index (χ1) is 12.9. The highest BCUT2D eigenvalue weighted by Crippen LogP contribution is 2.19. The van der Waals surface area contributed by atoms with Crippen LogP contribution in [0.1, 0.15) is 19.8 Å². The van der Waals surface area contributed by atoms with Gasteiger partial charge in [-0.15, -0.1) is 0 Å². The fourth-order valence-corrected chi connectivity index (χ4v) is 3.72. The average Bonchev–Trinajstić information content (AvgIpc) is 3.19.